The number of hydrogen-bond acceptors (Lipinski definition) is 4. The van der Waals surface area contributed by atoms with Crippen LogP contribution in [0.25, 0.3) is 11.3 Å². The van der Waals surface area contributed by atoms with E-state index in [1.54, 1.807) is 5.38 Å². The lowest BCUT2D eigenvalue weighted by Crippen LogP contribution is -2.46. The Kier molecular flexibility index (Phi) is 5.61. The van der Waals surface area contributed by atoms with Crippen molar-refractivity contribution < 1.29 is 18.4 Å². The number of halogens is 2. The quantitative estimate of drug-likeness (QED) is 0.867. The summed E-state index contributed by atoms with van der Waals surface area (Å²) in [5.41, 5.74) is 0.836. The van der Waals surface area contributed by atoms with Crippen LogP contribution in [0.5, 0.6) is 0 Å². The monoisotopic (exact) mass is 353 g/mol. The van der Waals surface area contributed by atoms with Crippen LogP contribution in [0.1, 0.15) is 20.8 Å². The second-order valence-corrected chi connectivity index (χ2v) is 6.44. The maximum Gasteiger partial charge on any atom is 0.248 e. The Balaban J connectivity index is 2.14. The second kappa shape index (κ2) is 7.48. The average Bonchev–Trinajstić information content (AvgIpc) is 2.95. The van der Waals surface area contributed by atoms with E-state index in [0.29, 0.717) is 16.4 Å². The first kappa shape index (κ1) is 18.0. The molecule has 1 aromatic heterocycles. The SMILES string of the molecule is CC(=O)N[C@H](C(=O)Nc1nc(-c2ccc(F)c(F)c2)cs1)C(C)C. The summed E-state index contributed by atoms with van der Waals surface area (Å²) in [6, 6.07) is 2.80. The van der Waals surface area contributed by atoms with Crippen LogP contribution >= 0.6 is 11.3 Å². The highest BCUT2D eigenvalue weighted by Crippen LogP contribution is 2.26. The molecule has 0 fully saturated rings. The minimum Gasteiger partial charge on any atom is -0.344 e. The van der Waals surface area contributed by atoms with Crippen molar-refractivity contribution in [1.82, 2.24) is 10.3 Å². The Morgan fingerprint density at radius 3 is 2.50 bits per heavy atom. The third-order valence-electron chi connectivity index (χ3n) is 3.26. The highest BCUT2D eigenvalue weighted by molar-refractivity contribution is 7.14. The molecule has 0 aliphatic carbocycles. The smallest absolute Gasteiger partial charge is 0.248 e. The predicted molar refractivity (Wildman–Crippen MR) is 88.5 cm³/mol. The lowest BCUT2D eigenvalue weighted by Gasteiger charge is -2.20. The minimum atomic E-state index is -0.961. The van der Waals surface area contributed by atoms with E-state index >= 15 is 0 Å². The molecule has 1 heterocycles. The van der Waals surface area contributed by atoms with Gasteiger partial charge in [0.25, 0.3) is 0 Å². The molecule has 0 aliphatic rings. The molecule has 0 saturated heterocycles. The van der Waals surface area contributed by atoms with Crippen LogP contribution < -0.4 is 10.6 Å². The van der Waals surface area contributed by atoms with E-state index < -0.39 is 17.7 Å². The first-order chi connectivity index (χ1) is 11.3. The molecule has 8 heteroatoms. The molecule has 1 aromatic carbocycles. The number of benzene rings is 1. The number of thiazole rings is 1. The van der Waals surface area contributed by atoms with Crippen LogP contribution in [0.15, 0.2) is 23.6 Å². The van der Waals surface area contributed by atoms with E-state index in [0.717, 1.165) is 23.5 Å². The Labute approximate surface area is 142 Å². The van der Waals surface area contributed by atoms with Gasteiger partial charge in [-0.1, -0.05) is 13.8 Å². The van der Waals surface area contributed by atoms with E-state index in [9.17, 15) is 18.4 Å². The van der Waals surface area contributed by atoms with E-state index in [-0.39, 0.29) is 17.7 Å². The van der Waals surface area contributed by atoms with Crippen molar-refractivity contribution in [3.05, 3.63) is 35.2 Å². The standard InChI is InChI=1S/C16H17F2N3O2S/c1-8(2)14(19-9(3)22)15(23)21-16-20-13(7-24-16)10-4-5-11(17)12(18)6-10/h4-8,14H,1-3H3,(H,19,22)(H,20,21,23)/t14-/m0/s1. The van der Waals surface area contributed by atoms with Gasteiger partial charge in [-0.15, -0.1) is 11.3 Å². The summed E-state index contributed by atoms with van der Waals surface area (Å²) in [5.74, 6) is -2.68. The van der Waals surface area contributed by atoms with Gasteiger partial charge in [0.2, 0.25) is 11.8 Å². The molecule has 1 atom stereocenters. The van der Waals surface area contributed by atoms with E-state index in [1.165, 1.54) is 13.0 Å². The normalized spacial score (nSPS) is 12.1. The summed E-state index contributed by atoms with van der Waals surface area (Å²) < 4.78 is 26.3. The van der Waals surface area contributed by atoms with Crippen molar-refractivity contribution in [2.45, 2.75) is 26.8 Å². The molecular formula is C16H17F2N3O2S. The van der Waals surface area contributed by atoms with Crippen molar-refractivity contribution in [1.29, 1.82) is 0 Å². The highest BCUT2D eigenvalue weighted by Gasteiger charge is 2.23. The minimum absolute atomic E-state index is 0.0977. The summed E-state index contributed by atoms with van der Waals surface area (Å²) in [6.07, 6.45) is 0. The number of amides is 2. The van der Waals surface area contributed by atoms with Gasteiger partial charge in [0.05, 0.1) is 5.69 Å². The number of carbonyl (C=O) groups is 2. The van der Waals surface area contributed by atoms with Crippen molar-refractivity contribution in [2.75, 3.05) is 5.32 Å². The first-order valence-electron chi connectivity index (χ1n) is 7.27. The fourth-order valence-corrected chi connectivity index (χ4v) is 2.78. The Morgan fingerprint density at radius 2 is 1.92 bits per heavy atom. The number of nitrogens with zero attached hydrogens (tertiary/aromatic N) is 1. The van der Waals surface area contributed by atoms with Gasteiger partial charge in [0.1, 0.15) is 6.04 Å². The Bertz CT molecular complexity index is 762. The van der Waals surface area contributed by atoms with Gasteiger partial charge in [0, 0.05) is 17.9 Å². The zero-order valence-electron chi connectivity index (χ0n) is 13.4. The number of aromatic nitrogens is 1. The van der Waals surface area contributed by atoms with Gasteiger partial charge in [-0.25, -0.2) is 13.8 Å². The maximum atomic E-state index is 13.3. The highest BCUT2D eigenvalue weighted by atomic mass is 32.1. The third-order valence-corrected chi connectivity index (χ3v) is 4.02. The van der Waals surface area contributed by atoms with Crippen molar-refractivity contribution >= 4 is 28.3 Å². The molecule has 24 heavy (non-hydrogen) atoms. The molecule has 2 rings (SSSR count). The third kappa shape index (κ3) is 4.35. The summed E-state index contributed by atoms with van der Waals surface area (Å²) >= 11 is 1.16. The van der Waals surface area contributed by atoms with Gasteiger partial charge in [-0.05, 0) is 24.1 Å². The van der Waals surface area contributed by atoms with Gasteiger partial charge in [-0.2, -0.15) is 0 Å². The number of carbonyl (C=O) groups excluding carboxylic acids is 2. The fourth-order valence-electron chi connectivity index (χ4n) is 2.06. The summed E-state index contributed by atoms with van der Waals surface area (Å²) in [6.45, 7) is 4.97. The number of anilines is 1. The van der Waals surface area contributed by atoms with Crippen LogP contribution in [-0.4, -0.2) is 22.8 Å². The largest absolute Gasteiger partial charge is 0.344 e. The molecule has 0 bridgehead atoms. The molecule has 0 spiro atoms. The molecule has 0 saturated carbocycles. The van der Waals surface area contributed by atoms with E-state index in [4.69, 9.17) is 0 Å². The van der Waals surface area contributed by atoms with Gasteiger partial charge in [0.15, 0.2) is 16.8 Å². The molecule has 2 aromatic rings. The van der Waals surface area contributed by atoms with Crippen LogP contribution in [-0.2, 0) is 9.59 Å². The van der Waals surface area contributed by atoms with E-state index in [2.05, 4.69) is 15.6 Å². The summed E-state index contributed by atoms with van der Waals surface area (Å²) in [5, 5.41) is 7.16. The van der Waals surface area contributed by atoms with Crippen molar-refractivity contribution in [3.63, 3.8) is 0 Å². The van der Waals surface area contributed by atoms with Gasteiger partial charge >= 0.3 is 0 Å². The zero-order chi connectivity index (χ0) is 17.9. The van der Waals surface area contributed by atoms with Gasteiger partial charge < -0.3 is 10.6 Å². The van der Waals surface area contributed by atoms with Crippen LogP contribution in [0, 0.1) is 17.6 Å². The molecular weight excluding hydrogens is 336 g/mol. The second-order valence-electron chi connectivity index (χ2n) is 5.58. The molecule has 0 unspecified atom stereocenters. The van der Waals surface area contributed by atoms with Crippen LogP contribution in [0.3, 0.4) is 0 Å². The summed E-state index contributed by atoms with van der Waals surface area (Å²) in [7, 11) is 0. The predicted octanol–water partition coefficient (Wildman–Crippen LogP) is 3.19. The Morgan fingerprint density at radius 1 is 1.21 bits per heavy atom. The van der Waals surface area contributed by atoms with Crippen molar-refractivity contribution in [3.8, 4) is 11.3 Å². The number of hydrogen-bond donors (Lipinski definition) is 2. The molecule has 2 N–H and O–H groups in total. The lowest BCUT2D eigenvalue weighted by atomic mass is 10.0. The molecule has 0 radical (unpaired) electrons. The maximum absolute atomic E-state index is 13.3. The molecule has 0 aliphatic heterocycles. The average molecular weight is 353 g/mol. The molecule has 2 amide bonds. The zero-order valence-corrected chi connectivity index (χ0v) is 14.2. The fraction of sp³-hybridized carbons (Fsp3) is 0.312. The van der Waals surface area contributed by atoms with Crippen molar-refractivity contribution in [2.24, 2.45) is 5.92 Å². The van der Waals surface area contributed by atoms with E-state index in [1.807, 2.05) is 13.8 Å². The number of rotatable bonds is 5. The molecule has 5 nitrogen and oxygen atoms in total. The van der Waals surface area contributed by atoms with Gasteiger partial charge in [-0.3, -0.25) is 9.59 Å². The Hall–Kier alpha value is -2.35. The van der Waals surface area contributed by atoms with Crippen LogP contribution in [0.4, 0.5) is 13.9 Å². The first-order valence-corrected chi connectivity index (χ1v) is 8.14. The lowest BCUT2D eigenvalue weighted by molar-refractivity contribution is -0.126. The topological polar surface area (TPSA) is 71.1 Å². The molecule has 128 valence electrons. The summed E-state index contributed by atoms with van der Waals surface area (Å²) in [4.78, 5) is 27.7. The van der Waals surface area contributed by atoms with Crippen LogP contribution in [0.2, 0.25) is 0 Å². The number of nitrogens with one attached hydrogen (secondary N) is 2.